The summed E-state index contributed by atoms with van der Waals surface area (Å²) < 4.78 is 0. The predicted molar refractivity (Wildman–Crippen MR) is 52.2 cm³/mol. The Morgan fingerprint density at radius 1 is 1.45 bits per heavy atom. The average molecular weight is 151 g/mol. The number of allylic oxidation sites excluding steroid dienone is 3. The first-order valence-electron chi connectivity index (χ1n) is 4.01. The van der Waals surface area contributed by atoms with Crippen LogP contribution < -0.4 is 0 Å². The van der Waals surface area contributed by atoms with E-state index in [0.717, 1.165) is 18.7 Å². The normalized spacial score (nSPS) is 13.4. The standard InChI is InChI=1S/C10H17N/c1-5-7-8-9(3)10(4)11-6-2/h5,8H,1,6-7H2,2-4H3. The Hall–Kier alpha value is -0.850. The van der Waals surface area contributed by atoms with E-state index in [1.807, 2.05) is 19.9 Å². The van der Waals surface area contributed by atoms with Crippen molar-refractivity contribution in [2.24, 2.45) is 4.99 Å². The lowest BCUT2D eigenvalue weighted by molar-refractivity contribution is 1.12. The van der Waals surface area contributed by atoms with Crippen molar-refractivity contribution in [3.05, 3.63) is 24.3 Å². The van der Waals surface area contributed by atoms with Gasteiger partial charge in [0.1, 0.15) is 0 Å². The van der Waals surface area contributed by atoms with E-state index in [4.69, 9.17) is 0 Å². The van der Waals surface area contributed by atoms with Gasteiger partial charge < -0.3 is 0 Å². The van der Waals surface area contributed by atoms with Gasteiger partial charge in [0.15, 0.2) is 0 Å². The van der Waals surface area contributed by atoms with Gasteiger partial charge in [-0.1, -0.05) is 12.2 Å². The van der Waals surface area contributed by atoms with Crippen LogP contribution in [0.4, 0.5) is 0 Å². The molecule has 0 aromatic rings. The minimum Gasteiger partial charge on any atom is -0.290 e. The molecule has 0 bridgehead atoms. The summed E-state index contributed by atoms with van der Waals surface area (Å²) in [7, 11) is 0. The molecular weight excluding hydrogens is 134 g/mol. The molecule has 11 heavy (non-hydrogen) atoms. The van der Waals surface area contributed by atoms with Crippen molar-refractivity contribution in [2.45, 2.75) is 27.2 Å². The maximum atomic E-state index is 4.29. The summed E-state index contributed by atoms with van der Waals surface area (Å²) in [6, 6.07) is 0. The van der Waals surface area contributed by atoms with E-state index < -0.39 is 0 Å². The fraction of sp³-hybridized carbons (Fsp3) is 0.500. The molecular formula is C10H17N. The van der Waals surface area contributed by atoms with Crippen molar-refractivity contribution < 1.29 is 0 Å². The van der Waals surface area contributed by atoms with Crippen LogP contribution in [0.15, 0.2) is 29.3 Å². The molecule has 0 aliphatic carbocycles. The molecule has 1 heteroatoms. The summed E-state index contributed by atoms with van der Waals surface area (Å²) in [6.07, 6.45) is 4.96. The third-order valence-corrected chi connectivity index (χ3v) is 1.56. The summed E-state index contributed by atoms with van der Waals surface area (Å²) in [5, 5.41) is 0. The average Bonchev–Trinajstić information content (AvgIpc) is 2.00. The van der Waals surface area contributed by atoms with Gasteiger partial charge in [-0.05, 0) is 32.8 Å². The van der Waals surface area contributed by atoms with Crippen LogP contribution in [0.25, 0.3) is 0 Å². The lowest BCUT2D eigenvalue weighted by Gasteiger charge is -1.97. The molecule has 0 aromatic carbocycles. The second-order valence-electron chi connectivity index (χ2n) is 2.47. The second-order valence-corrected chi connectivity index (χ2v) is 2.47. The zero-order valence-corrected chi connectivity index (χ0v) is 7.72. The van der Waals surface area contributed by atoms with Crippen LogP contribution in [0, 0.1) is 0 Å². The van der Waals surface area contributed by atoms with Crippen molar-refractivity contribution in [1.29, 1.82) is 0 Å². The lowest BCUT2D eigenvalue weighted by Crippen LogP contribution is -1.93. The van der Waals surface area contributed by atoms with Crippen LogP contribution in [0.2, 0.25) is 0 Å². The van der Waals surface area contributed by atoms with Crippen LogP contribution >= 0.6 is 0 Å². The summed E-state index contributed by atoms with van der Waals surface area (Å²) >= 11 is 0. The Morgan fingerprint density at radius 2 is 2.09 bits per heavy atom. The topological polar surface area (TPSA) is 12.4 Å². The van der Waals surface area contributed by atoms with Gasteiger partial charge in [0, 0.05) is 12.3 Å². The molecule has 0 fully saturated rings. The van der Waals surface area contributed by atoms with Gasteiger partial charge in [-0.2, -0.15) is 0 Å². The van der Waals surface area contributed by atoms with Crippen molar-refractivity contribution in [2.75, 3.05) is 6.54 Å². The first-order valence-corrected chi connectivity index (χ1v) is 4.01. The summed E-state index contributed by atoms with van der Waals surface area (Å²) in [6.45, 7) is 10.7. The SMILES string of the molecule is C=CCC=C(C)C(C)=NCC. The van der Waals surface area contributed by atoms with Crippen LogP contribution in [0.5, 0.6) is 0 Å². The van der Waals surface area contributed by atoms with Gasteiger partial charge in [-0.3, -0.25) is 4.99 Å². The Morgan fingerprint density at radius 3 is 2.55 bits per heavy atom. The number of hydrogen-bond acceptors (Lipinski definition) is 1. The molecule has 0 aliphatic heterocycles. The smallest absolute Gasteiger partial charge is 0.0364 e. The van der Waals surface area contributed by atoms with E-state index in [1.165, 1.54) is 5.57 Å². The molecule has 0 aromatic heterocycles. The molecule has 0 unspecified atom stereocenters. The zero-order valence-electron chi connectivity index (χ0n) is 7.72. The Labute approximate surface area is 69.5 Å². The first-order chi connectivity index (χ1) is 5.22. The zero-order chi connectivity index (χ0) is 8.69. The lowest BCUT2D eigenvalue weighted by atomic mass is 10.1. The highest BCUT2D eigenvalue weighted by molar-refractivity contribution is 5.97. The van der Waals surface area contributed by atoms with Gasteiger partial charge in [0.2, 0.25) is 0 Å². The van der Waals surface area contributed by atoms with Crippen LogP contribution in [0.3, 0.4) is 0 Å². The van der Waals surface area contributed by atoms with E-state index in [1.54, 1.807) is 0 Å². The fourth-order valence-electron chi connectivity index (χ4n) is 0.770. The third kappa shape index (κ3) is 4.54. The molecule has 0 spiro atoms. The monoisotopic (exact) mass is 151 g/mol. The van der Waals surface area contributed by atoms with E-state index in [0.29, 0.717) is 0 Å². The maximum Gasteiger partial charge on any atom is 0.0364 e. The highest BCUT2D eigenvalue weighted by Crippen LogP contribution is 1.99. The quantitative estimate of drug-likeness (QED) is 0.432. The van der Waals surface area contributed by atoms with E-state index >= 15 is 0 Å². The van der Waals surface area contributed by atoms with Gasteiger partial charge in [0.25, 0.3) is 0 Å². The van der Waals surface area contributed by atoms with Gasteiger partial charge in [-0.25, -0.2) is 0 Å². The molecule has 0 heterocycles. The summed E-state index contributed by atoms with van der Waals surface area (Å²) in [4.78, 5) is 4.29. The van der Waals surface area contributed by atoms with Crippen LogP contribution in [-0.4, -0.2) is 12.3 Å². The molecule has 0 atom stereocenters. The number of aliphatic imine (C=N–C) groups is 1. The number of hydrogen-bond donors (Lipinski definition) is 0. The summed E-state index contributed by atoms with van der Waals surface area (Å²) in [5.41, 5.74) is 2.39. The molecule has 0 N–H and O–H groups in total. The molecule has 0 amide bonds. The van der Waals surface area contributed by atoms with Gasteiger partial charge in [-0.15, -0.1) is 6.58 Å². The van der Waals surface area contributed by atoms with E-state index in [-0.39, 0.29) is 0 Å². The largest absolute Gasteiger partial charge is 0.290 e. The summed E-state index contributed by atoms with van der Waals surface area (Å²) in [5.74, 6) is 0. The van der Waals surface area contributed by atoms with Crippen molar-refractivity contribution in [3.8, 4) is 0 Å². The predicted octanol–water partition coefficient (Wildman–Crippen LogP) is 2.99. The van der Waals surface area contributed by atoms with E-state index in [9.17, 15) is 0 Å². The van der Waals surface area contributed by atoms with Crippen LogP contribution in [0.1, 0.15) is 27.2 Å². The van der Waals surface area contributed by atoms with Crippen molar-refractivity contribution in [1.82, 2.24) is 0 Å². The minimum atomic E-state index is 0.866. The second kappa shape index (κ2) is 5.90. The van der Waals surface area contributed by atoms with Gasteiger partial charge in [0.05, 0.1) is 0 Å². The van der Waals surface area contributed by atoms with Crippen molar-refractivity contribution >= 4 is 5.71 Å². The molecule has 0 rings (SSSR count). The Balaban J connectivity index is 4.10. The number of rotatable bonds is 4. The highest BCUT2D eigenvalue weighted by Gasteiger charge is 1.90. The van der Waals surface area contributed by atoms with Crippen molar-refractivity contribution in [3.63, 3.8) is 0 Å². The van der Waals surface area contributed by atoms with Gasteiger partial charge >= 0.3 is 0 Å². The fourth-order valence-corrected chi connectivity index (χ4v) is 0.770. The molecule has 0 radical (unpaired) electrons. The minimum absolute atomic E-state index is 0.866. The molecule has 1 nitrogen and oxygen atoms in total. The molecule has 0 saturated heterocycles. The Kier molecular flexibility index (Phi) is 5.44. The van der Waals surface area contributed by atoms with E-state index in [2.05, 4.69) is 24.6 Å². The highest BCUT2D eigenvalue weighted by atomic mass is 14.7. The maximum absolute atomic E-state index is 4.29. The van der Waals surface area contributed by atoms with Crippen LogP contribution in [-0.2, 0) is 0 Å². The number of nitrogens with zero attached hydrogens (tertiary/aromatic N) is 1. The first kappa shape index (κ1) is 10.2. The third-order valence-electron chi connectivity index (χ3n) is 1.56. The molecule has 0 aliphatic rings. The Bertz CT molecular complexity index is 175. The molecule has 0 saturated carbocycles. The molecule has 62 valence electrons.